The van der Waals surface area contributed by atoms with Gasteiger partial charge in [-0.2, -0.15) is 4.98 Å². The van der Waals surface area contributed by atoms with Crippen LogP contribution in [0.5, 0.6) is 0 Å². The van der Waals surface area contributed by atoms with Crippen molar-refractivity contribution in [2.45, 2.75) is 25.2 Å². The van der Waals surface area contributed by atoms with Gasteiger partial charge in [-0.15, -0.1) is 0 Å². The highest BCUT2D eigenvalue weighted by atomic mass is 16.5. The Bertz CT molecular complexity index is 491. The Balaban J connectivity index is 1.60. The second-order valence-electron chi connectivity index (χ2n) is 7.02. The molecule has 3 rings (SSSR count). The Morgan fingerprint density at radius 2 is 2.13 bits per heavy atom. The molecule has 0 amide bonds. The van der Waals surface area contributed by atoms with E-state index in [1.807, 2.05) is 0 Å². The van der Waals surface area contributed by atoms with Crippen LogP contribution in [0.4, 0.5) is 5.95 Å². The van der Waals surface area contributed by atoms with Crippen molar-refractivity contribution < 1.29 is 14.4 Å². The fraction of sp³-hybridized carbons (Fsp3) is 0.875. The second kappa shape index (κ2) is 7.59. The van der Waals surface area contributed by atoms with Gasteiger partial charge in [0.2, 0.25) is 5.89 Å². The lowest BCUT2D eigenvalue weighted by molar-refractivity contribution is 0.133. The van der Waals surface area contributed by atoms with Gasteiger partial charge in [0.25, 0.3) is 5.95 Å². The van der Waals surface area contributed by atoms with E-state index in [1.165, 1.54) is 0 Å². The van der Waals surface area contributed by atoms with Crippen molar-refractivity contribution in [3.05, 3.63) is 5.89 Å². The minimum Gasteiger partial charge on any atom is -0.396 e. The van der Waals surface area contributed by atoms with Crippen LogP contribution >= 0.6 is 0 Å². The van der Waals surface area contributed by atoms with Gasteiger partial charge in [-0.1, -0.05) is 0 Å². The number of piperidine rings is 1. The van der Waals surface area contributed by atoms with E-state index < -0.39 is 0 Å². The first kappa shape index (κ1) is 16.7. The Hall–Kier alpha value is -1.18. The third-order valence-electron chi connectivity index (χ3n) is 4.77. The van der Waals surface area contributed by atoms with Crippen LogP contribution in [0.2, 0.25) is 0 Å². The zero-order valence-corrected chi connectivity index (χ0v) is 14.1. The van der Waals surface area contributed by atoms with Crippen molar-refractivity contribution in [3.8, 4) is 0 Å². The van der Waals surface area contributed by atoms with E-state index in [9.17, 15) is 5.11 Å². The van der Waals surface area contributed by atoms with Crippen LogP contribution in [0.1, 0.15) is 31.1 Å². The lowest BCUT2D eigenvalue weighted by Crippen LogP contribution is -2.46. The summed E-state index contributed by atoms with van der Waals surface area (Å²) in [6.45, 7) is 4.58. The van der Waals surface area contributed by atoms with E-state index >= 15 is 0 Å². The van der Waals surface area contributed by atoms with Crippen LogP contribution in [-0.4, -0.2) is 73.7 Å². The van der Waals surface area contributed by atoms with E-state index in [4.69, 9.17) is 9.26 Å². The fourth-order valence-electron chi connectivity index (χ4n) is 3.38. The minimum atomic E-state index is 0.210. The smallest absolute Gasteiger partial charge is 0.266 e. The maximum atomic E-state index is 9.63. The van der Waals surface area contributed by atoms with Crippen LogP contribution in [0.15, 0.2) is 4.52 Å². The van der Waals surface area contributed by atoms with Crippen molar-refractivity contribution >= 4 is 5.95 Å². The summed E-state index contributed by atoms with van der Waals surface area (Å²) in [4.78, 5) is 9.03. The number of aliphatic hydroxyl groups is 1. The molecule has 0 bridgehead atoms. The molecule has 1 aromatic heterocycles. The number of ether oxygens (including phenoxy) is 1. The first-order valence-electron chi connectivity index (χ1n) is 8.56. The predicted octanol–water partition coefficient (Wildman–Crippen LogP) is 0.960. The van der Waals surface area contributed by atoms with E-state index in [0.717, 1.165) is 57.9 Å². The molecule has 7 heteroatoms. The van der Waals surface area contributed by atoms with Gasteiger partial charge in [0.1, 0.15) is 0 Å². The molecule has 0 aromatic carbocycles. The molecule has 2 aliphatic rings. The first-order valence-corrected chi connectivity index (χ1v) is 8.56. The highest BCUT2D eigenvalue weighted by molar-refractivity contribution is 5.30. The summed E-state index contributed by atoms with van der Waals surface area (Å²) in [6, 6.07) is 0. The normalized spacial score (nSPS) is 25.3. The van der Waals surface area contributed by atoms with Crippen LogP contribution in [0.25, 0.3) is 0 Å². The summed E-state index contributed by atoms with van der Waals surface area (Å²) in [5, 5.41) is 13.8. The zero-order chi connectivity index (χ0) is 16.2. The van der Waals surface area contributed by atoms with Crippen molar-refractivity contribution in [3.63, 3.8) is 0 Å². The quantitative estimate of drug-likeness (QED) is 0.763. The molecule has 2 heterocycles. The third kappa shape index (κ3) is 4.43. The number of aromatic nitrogens is 2. The van der Waals surface area contributed by atoms with E-state index in [-0.39, 0.29) is 12.5 Å². The molecule has 7 nitrogen and oxygen atoms in total. The zero-order valence-electron chi connectivity index (χ0n) is 14.1. The molecule has 0 radical (unpaired) electrons. The SMILES string of the molecule is COCCN(C)C[C@H]1C[C@@H](CO)CN(c2noc(C3CC3)n2)C1. The molecule has 1 N–H and O–H groups in total. The van der Waals surface area contributed by atoms with Gasteiger partial charge < -0.3 is 24.2 Å². The molecular weight excluding hydrogens is 296 g/mol. The number of hydrogen-bond donors (Lipinski definition) is 1. The molecule has 0 unspecified atom stereocenters. The molecule has 130 valence electrons. The summed E-state index contributed by atoms with van der Waals surface area (Å²) in [7, 11) is 3.84. The Morgan fingerprint density at radius 1 is 1.35 bits per heavy atom. The van der Waals surface area contributed by atoms with Crippen molar-refractivity contribution in [1.29, 1.82) is 0 Å². The van der Waals surface area contributed by atoms with Crippen molar-refractivity contribution in [2.75, 3.05) is 58.5 Å². The molecule has 1 aromatic rings. The summed E-state index contributed by atoms with van der Waals surface area (Å²) in [5.74, 6) is 2.71. The number of nitrogens with zero attached hydrogens (tertiary/aromatic N) is 4. The highest BCUT2D eigenvalue weighted by Crippen LogP contribution is 2.39. The summed E-state index contributed by atoms with van der Waals surface area (Å²) in [6.07, 6.45) is 3.36. The molecule has 1 aliphatic heterocycles. The molecule has 2 fully saturated rings. The molecule has 2 atom stereocenters. The van der Waals surface area contributed by atoms with Gasteiger partial charge in [0, 0.05) is 45.8 Å². The summed E-state index contributed by atoms with van der Waals surface area (Å²) in [5.41, 5.74) is 0. The Labute approximate surface area is 137 Å². The van der Waals surface area contributed by atoms with Gasteiger partial charge in [0.05, 0.1) is 6.61 Å². The number of rotatable bonds is 8. The maximum absolute atomic E-state index is 9.63. The average Bonchev–Trinajstić information content (AvgIpc) is 3.29. The Kier molecular flexibility index (Phi) is 5.50. The van der Waals surface area contributed by atoms with E-state index in [0.29, 0.717) is 17.8 Å². The van der Waals surface area contributed by atoms with Gasteiger partial charge in [-0.3, -0.25) is 0 Å². The van der Waals surface area contributed by atoms with Crippen molar-refractivity contribution in [1.82, 2.24) is 15.0 Å². The first-order chi connectivity index (χ1) is 11.2. The van der Waals surface area contributed by atoms with Gasteiger partial charge >= 0.3 is 0 Å². The topological polar surface area (TPSA) is 74.9 Å². The Morgan fingerprint density at radius 3 is 2.83 bits per heavy atom. The highest BCUT2D eigenvalue weighted by Gasteiger charge is 2.33. The maximum Gasteiger partial charge on any atom is 0.266 e. The van der Waals surface area contributed by atoms with Crippen LogP contribution in [0, 0.1) is 11.8 Å². The number of hydrogen-bond acceptors (Lipinski definition) is 7. The number of likely N-dealkylation sites (N-methyl/N-ethyl adjacent to an activating group) is 1. The predicted molar refractivity (Wildman–Crippen MR) is 86.5 cm³/mol. The molecule has 0 spiro atoms. The summed E-state index contributed by atoms with van der Waals surface area (Å²) >= 11 is 0. The minimum absolute atomic E-state index is 0.210. The lowest BCUT2D eigenvalue weighted by atomic mass is 9.89. The molecular formula is C16H28N4O3. The second-order valence-corrected chi connectivity index (χ2v) is 7.02. The third-order valence-corrected chi connectivity index (χ3v) is 4.77. The monoisotopic (exact) mass is 324 g/mol. The number of aliphatic hydroxyl groups excluding tert-OH is 1. The van der Waals surface area contributed by atoms with Crippen LogP contribution < -0.4 is 4.90 Å². The van der Waals surface area contributed by atoms with E-state index in [2.05, 4.69) is 27.0 Å². The molecule has 1 saturated carbocycles. The summed E-state index contributed by atoms with van der Waals surface area (Å²) < 4.78 is 10.5. The number of methoxy groups -OCH3 is 1. The van der Waals surface area contributed by atoms with E-state index in [1.54, 1.807) is 7.11 Å². The van der Waals surface area contributed by atoms with Gasteiger partial charge in [0.15, 0.2) is 0 Å². The lowest BCUT2D eigenvalue weighted by Gasteiger charge is -2.37. The largest absolute Gasteiger partial charge is 0.396 e. The van der Waals surface area contributed by atoms with Crippen LogP contribution in [-0.2, 0) is 4.74 Å². The van der Waals surface area contributed by atoms with Gasteiger partial charge in [-0.25, -0.2) is 0 Å². The molecule has 23 heavy (non-hydrogen) atoms. The van der Waals surface area contributed by atoms with Crippen molar-refractivity contribution in [2.24, 2.45) is 11.8 Å². The number of anilines is 1. The standard InChI is InChI=1S/C16H28N4O3/c1-19(5-6-22-2)8-12-7-13(11-21)10-20(9-12)16-17-15(23-18-16)14-3-4-14/h12-14,21H,3-11H2,1-2H3/t12-,13-/m1/s1. The fourth-order valence-corrected chi connectivity index (χ4v) is 3.38. The molecule has 1 aliphatic carbocycles. The van der Waals surface area contributed by atoms with Gasteiger partial charge in [-0.05, 0) is 43.3 Å². The average molecular weight is 324 g/mol. The van der Waals surface area contributed by atoms with Crippen LogP contribution in [0.3, 0.4) is 0 Å². The molecule has 1 saturated heterocycles.